The van der Waals surface area contributed by atoms with Gasteiger partial charge < -0.3 is 24.2 Å². The monoisotopic (exact) mass is 366 g/mol. The molecule has 2 aliphatic rings. The Morgan fingerprint density at radius 2 is 1.87 bits per heavy atom. The summed E-state index contributed by atoms with van der Waals surface area (Å²) in [6, 6.07) is -0.0391. The van der Waals surface area contributed by atoms with Crippen LogP contribution in [-0.2, 0) is 23.3 Å². The van der Waals surface area contributed by atoms with Gasteiger partial charge in [0.2, 0.25) is 0 Å². The van der Waals surface area contributed by atoms with Gasteiger partial charge in [-0.25, -0.2) is 4.57 Å². The van der Waals surface area contributed by atoms with E-state index in [2.05, 4.69) is 0 Å². The smallest absolute Gasteiger partial charge is 0.387 e. The van der Waals surface area contributed by atoms with Gasteiger partial charge in [0.1, 0.15) is 21.8 Å². The molecule has 0 saturated carbocycles. The van der Waals surface area contributed by atoms with E-state index in [1.165, 1.54) is 0 Å². The summed E-state index contributed by atoms with van der Waals surface area (Å²) in [5, 5.41) is 9.64. The lowest BCUT2D eigenvalue weighted by atomic mass is 9.96. The van der Waals surface area contributed by atoms with E-state index in [0.717, 1.165) is 11.4 Å². The first-order valence-corrected chi connectivity index (χ1v) is 11.1. The van der Waals surface area contributed by atoms with Crippen LogP contribution in [0.25, 0.3) is 0 Å². The molecule has 2 N–H and O–H groups in total. The fourth-order valence-corrected chi connectivity index (χ4v) is 6.30. The predicted molar refractivity (Wildman–Crippen MR) is 93.3 cm³/mol. The molecular formula is C12H25B2O7PS. The summed E-state index contributed by atoms with van der Waals surface area (Å²) in [6.45, 7) is -1.06. The van der Waals surface area contributed by atoms with E-state index in [4.69, 9.17) is 18.7 Å². The van der Waals surface area contributed by atoms with Gasteiger partial charge in [0.25, 0.3) is 0 Å². The minimum atomic E-state index is -3.85. The molecule has 0 bridgehead atoms. The van der Waals surface area contributed by atoms with Crippen LogP contribution in [0.15, 0.2) is 0 Å². The second kappa shape index (κ2) is 8.72. The summed E-state index contributed by atoms with van der Waals surface area (Å²) in [7, 11) is 3.79. The van der Waals surface area contributed by atoms with Crippen LogP contribution in [0, 0.1) is 0 Å². The number of rotatable bonds is 8. The lowest BCUT2D eigenvalue weighted by Gasteiger charge is -2.22. The van der Waals surface area contributed by atoms with Crippen molar-refractivity contribution in [2.24, 2.45) is 0 Å². The summed E-state index contributed by atoms with van der Waals surface area (Å²) in [4.78, 5) is 10.1. The van der Waals surface area contributed by atoms with Crippen molar-refractivity contribution in [1.29, 1.82) is 0 Å². The Labute approximate surface area is 142 Å². The third kappa shape index (κ3) is 6.04. The average Bonchev–Trinajstić information content (AvgIpc) is 2.95. The van der Waals surface area contributed by atoms with Crippen LogP contribution >= 0.6 is 18.2 Å². The molecule has 2 aliphatic heterocycles. The Balaban J connectivity index is 1.83. The van der Waals surface area contributed by atoms with Crippen LogP contribution in [0.5, 0.6) is 0 Å². The van der Waals surface area contributed by atoms with Crippen molar-refractivity contribution in [2.45, 2.75) is 55.3 Å². The molecule has 0 aromatic rings. The molecule has 7 atom stereocenters. The largest absolute Gasteiger partial charge is 0.390 e. The normalized spacial score (nSPS) is 40.3. The van der Waals surface area contributed by atoms with Gasteiger partial charge in [-0.3, -0.25) is 4.52 Å². The van der Waals surface area contributed by atoms with E-state index in [1.807, 2.05) is 22.6 Å². The van der Waals surface area contributed by atoms with Gasteiger partial charge in [-0.05, 0) is 31.1 Å². The predicted octanol–water partition coefficient (Wildman–Crippen LogP) is -0.901. The third-order valence-corrected chi connectivity index (χ3v) is 7.39. The van der Waals surface area contributed by atoms with Gasteiger partial charge >= 0.3 is 6.80 Å². The molecule has 2 fully saturated rings. The fraction of sp³-hybridized carbons (Fsp3) is 1.00. The number of hydrogen-bond acceptors (Lipinski definition) is 7. The van der Waals surface area contributed by atoms with Gasteiger partial charge in [-0.2, -0.15) is 0 Å². The minimum absolute atomic E-state index is 0.0267. The highest BCUT2D eigenvalue weighted by atomic mass is 32.7. The molecule has 0 spiro atoms. The molecule has 7 nitrogen and oxygen atoms in total. The number of aliphatic hydroxyl groups is 1. The maximum atomic E-state index is 12.3. The van der Waals surface area contributed by atoms with E-state index >= 15 is 0 Å². The lowest BCUT2D eigenvalue weighted by molar-refractivity contribution is 0.00141. The zero-order valence-electron chi connectivity index (χ0n) is 13.8. The number of hydrogen-bond donors (Lipinski definition) is 2. The minimum Gasteiger partial charge on any atom is -0.390 e. The van der Waals surface area contributed by atoms with E-state index < -0.39 is 19.0 Å². The molecular weight excluding hydrogens is 341 g/mol. The van der Waals surface area contributed by atoms with Crippen molar-refractivity contribution in [1.82, 2.24) is 0 Å². The molecule has 0 aromatic carbocycles. The average molecular weight is 366 g/mol. The summed E-state index contributed by atoms with van der Waals surface area (Å²) >= 11 is 0.904. The van der Waals surface area contributed by atoms with Crippen LogP contribution in [-0.4, -0.2) is 81.1 Å². The molecule has 0 radical (unpaired) electrons. The van der Waals surface area contributed by atoms with Crippen molar-refractivity contribution in [3.63, 3.8) is 0 Å². The molecule has 23 heavy (non-hydrogen) atoms. The Morgan fingerprint density at radius 1 is 1.22 bits per heavy atom. The molecule has 2 rings (SSSR count). The quantitative estimate of drug-likeness (QED) is 0.422. The third-order valence-electron chi connectivity index (χ3n) is 3.95. The maximum absolute atomic E-state index is 12.3. The highest BCUT2D eigenvalue weighted by molar-refractivity contribution is 8.55. The van der Waals surface area contributed by atoms with Gasteiger partial charge in [0, 0.05) is 23.9 Å². The van der Waals surface area contributed by atoms with E-state index in [1.54, 1.807) is 0 Å². The zero-order chi connectivity index (χ0) is 17.0. The van der Waals surface area contributed by atoms with Crippen molar-refractivity contribution in [3.05, 3.63) is 0 Å². The topological polar surface area (TPSA) is 94.5 Å². The number of aliphatic hydroxyl groups excluding tert-OH is 1. The van der Waals surface area contributed by atoms with E-state index in [-0.39, 0.29) is 30.0 Å². The molecule has 3 unspecified atom stereocenters. The second-order valence-corrected chi connectivity index (χ2v) is 10.1. The maximum Gasteiger partial charge on any atom is 0.387 e. The van der Waals surface area contributed by atoms with Gasteiger partial charge in [-0.15, -0.1) is 0 Å². The molecule has 0 aromatic heterocycles. The van der Waals surface area contributed by atoms with E-state index in [0.29, 0.717) is 26.1 Å². The van der Waals surface area contributed by atoms with Crippen LogP contribution in [0.4, 0.5) is 0 Å². The molecule has 0 aliphatic carbocycles. The zero-order valence-corrected chi connectivity index (χ0v) is 15.5. The van der Waals surface area contributed by atoms with Crippen molar-refractivity contribution < 1.29 is 33.3 Å². The van der Waals surface area contributed by atoms with Crippen LogP contribution in [0.3, 0.4) is 0 Å². The Morgan fingerprint density at radius 3 is 2.48 bits per heavy atom. The van der Waals surface area contributed by atoms with Crippen LogP contribution in [0.1, 0.15) is 19.8 Å². The van der Waals surface area contributed by atoms with Crippen molar-refractivity contribution in [3.8, 4) is 0 Å². The van der Waals surface area contributed by atoms with Crippen molar-refractivity contribution >= 4 is 33.9 Å². The highest BCUT2D eigenvalue weighted by Crippen LogP contribution is 2.60. The van der Waals surface area contributed by atoms with Gasteiger partial charge in [-0.1, -0.05) is 0 Å². The molecule has 0 amide bonds. The summed E-state index contributed by atoms with van der Waals surface area (Å²) in [5.74, 6) is 0. The first-order chi connectivity index (χ1) is 10.8. The van der Waals surface area contributed by atoms with E-state index in [9.17, 15) is 14.6 Å². The van der Waals surface area contributed by atoms with Gasteiger partial charge in [0.15, 0.2) is 0 Å². The first-order valence-electron chi connectivity index (χ1n) is 8.03. The second-order valence-electron chi connectivity index (χ2n) is 6.08. The Bertz CT molecular complexity index is 432. The first kappa shape index (κ1) is 19.8. The molecule has 2 saturated heterocycles. The molecule has 11 heteroatoms. The molecule has 132 valence electrons. The Hall–Kier alpha value is 0.470. The summed E-state index contributed by atoms with van der Waals surface area (Å²) < 4.78 is 34.1. The standard InChI is InChI=1S/C12H25B2O7PS/c1-2-18-5-9-10(4-12(14)21-9)23-22(16,17)19-6-8-7(15)3-11(13)20-8/h7-12,15H,2-6,13-14H2,1H3,(H,16,17)/t7?,8-,9-,10?,11-,12-/m1/s1. The molecule has 2 heterocycles. The fourth-order valence-electron chi connectivity index (χ4n) is 2.87. The van der Waals surface area contributed by atoms with Gasteiger partial charge in [0.05, 0.1) is 25.4 Å². The van der Waals surface area contributed by atoms with Crippen LogP contribution in [0.2, 0.25) is 0 Å². The highest BCUT2D eigenvalue weighted by Gasteiger charge is 2.40. The summed E-state index contributed by atoms with van der Waals surface area (Å²) in [5.41, 5.74) is 0. The van der Waals surface area contributed by atoms with Crippen molar-refractivity contribution in [2.75, 3.05) is 19.8 Å². The van der Waals surface area contributed by atoms with Crippen LogP contribution < -0.4 is 0 Å². The SMILES string of the molecule is B[C@H]1CC(O)[C@@H](COP(=O)(O)SC2C[C@H](B)O[C@@H]2COCC)O1. The Kier molecular flexibility index (Phi) is 7.50. The number of ether oxygens (including phenoxy) is 3. The lowest BCUT2D eigenvalue weighted by Crippen LogP contribution is -2.27. The summed E-state index contributed by atoms with van der Waals surface area (Å²) in [6.07, 6.45) is -0.232.